The lowest BCUT2D eigenvalue weighted by Crippen LogP contribution is -2.40. The summed E-state index contributed by atoms with van der Waals surface area (Å²) in [6, 6.07) is 16.5. The zero-order valence-electron chi connectivity index (χ0n) is 16.1. The van der Waals surface area contributed by atoms with E-state index in [-0.39, 0.29) is 5.91 Å². The van der Waals surface area contributed by atoms with Gasteiger partial charge in [0.05, 0.1) is 14.2 Å². The first-order valence-electron chi connectivity index (χ1n) is 9.50. The van der Waals surface area contributed by atoms with Gasteiger partial charge in [-0.15, -0.1) is 0 Å². The van der Waals surface area contributed by atoms with E-state index >= 15 is 0 Å². The summed E-state index contributed by atoms with van der Waals surface area (Å²) in [6.07, 6.45) is 3.37. The van der Waals surface area contributed by atoms with Gasteiger partial charge < -0.3 is 19.7 Å². The standard InChI is InChI=1S/C22H28N2O3/c1-26-20-12-10-17(21(15-20)27-2)11-13-22(25)23-16-19-9-6-14-24(19)18-7-4-3-5-8-18/h3-5,7-8,10,12,15,19H,6,9,11,13-14,16H2,1-2H3,(H,23,25). The molecule has 0 aromatic heterocycles. The van der Waals surface area contributed by atoms with Crippen molar-refractivity contribution in [3.05, 3.63) is 54.1 Å². The molecule has 2 aromatic carbocycles. The molecule has 0 bridgehead atoms. The first-order chi connectivity index (χ1) is 13.2. The molecule has 144 valence electrons. The molecular weight excluding hydrogens is 340 g/mol. The smallest absolute Gasteiger partial charge is 0.220 e. The van der Waals surface area contributed by atoms with Crippen molar-refractivity contribution in [2.75, 3.05) is 32.2 Å². The van der Waals surface area contributed by atoms with Gasteiger partial charge in [-0.1, -0.05) is 24.3 Å². The Labute approximate surface area is 161 Å². The minimum Gasteiger partial charge on any atom is -0.497 e. The summed E-state index contributed by atoms with van der Waals surface area (Å²) in [4.78, 5) is 14.7. The number of hydrogen-bond donors (Lipinski definition) is 1. The van der Waals surface area contributed by atoms with Crippen LogP contribution < -0.4 is 19.7 Å². The van der Waals surface area contributed by atoms with Gasteiger partial charge in [-0.25, -0.2) is 0 Å². The van der Waals surface area contributed by atoms with Crippen LogP contribution in [-0.4, -0.2) is 39.3 Å². The molecule has 0 saturated carbocycles. The molecule has 1 fully saturated rings. The number of para-hydroxylation sites is 1. The van der Waals surface area contributed by atoms with Gasteiger partial charge in [-0.05, 0) is 43.0 Å². The second-order valence-electron chi connectivity index (χ2n) is 6.81. The normalized spacial score (nSPS) is 16.2. The quantitative estimate of drug-likeness (QED) is 0.776. The number of carbonyl (C=O) groups is 1. The average molecular weight is 368 g/mol. The predicted molar refractivity (Wildman–Crippen MR) is 108 cm³/mol. The number of benzene rings is 2. The molecule has 1 unspecified atom stereocenters. The summed E-state index contributed by atoms with van der Waals surface area (Å²) in [6.45, 7) is 1.74. The lowest BCUT2D eigenvalue weighted by Gasteiger charge is -2.27. The van der Waals surface area contributed by atoms with Crippen molar-refractivity contribution in [2.45, 2.75) is 31.7 Å². The molecular formula is C22H28N2O3. The van der Waals surface area contributed by atoms with Gasteiger partial charge >= 0.3 is 0 Å². The van der Waals surface area contributed by atoms with E-state index in [0.717, 1.165) is 30.0 Å². The van der Waals surface area contributed by atoms with Crippen molar-refractivity contribution >= 4 is 11.6 Å². The summed E-state index contributed by atoms with van der Waals surface area (Å²) in [5.41, 5.74) is 2.25. The van der Waals surface area contributed by atoms with Crippen LogP contribution in [0.15, 0.2) is 48.5 Å². The summed E-state index contributed by atoms with van der Waals surface area (Å²) in [5.74, 6) is 1.59. The number of carbonyl (C=O) groups excluding carboxylic acids is 1. The van der Waals surface area contributed by atoms with Crippen molar-refractivity contribution in [3.8, 4) is 11.5 Å². The van der Waals surface area contributed by atoms with Crippen LogP contribution >= 0.6 is 0 Å². The van der Waals surface area contributed by atoms with Crippen LogP contribution in [0.1, 0.15) is 24.8 Å². The maximum atomic E-state index is 12.3. The van der Waals surface area contributed by atoms with E-state index in [4.69, 9.17) is 9.47 Å². The van der Waals surface area contributed by atoms with Crippen molar-refractivity contribution in [1.82, 2.24) is 5.32 Å². The van der Waals surface area contributed by atoms with Crippen LogP contribution in [0, 0.1) is 0 Å². The molecule has 1 amide bonds. The van der Waals surface area contributed by atoms with Gasteiger partial charge in [0.1, 0.15) is 11.5 Å². The number of aryl methyl sites for hydroxylation is 1. The molecule has 3 rings (SSSR count). The highest BCUT2D eigenvalue weighted by molar-refractivity contribution is 5.76. The average Bonchev–Trinajstić information content (AvgIpc) is 3.19. The third-order valence-corrected chi connectivity index (χ3v) is 5.12. The monoisotopic (exact) mass is 368 g/mol. The first kappa shape index (κ1) is 19.1. The lowest BCUT2D eigenvalue weighted by molar-refractivity contribution is -0.121. The Bertz CT molecular complexity index is 748. The maximum absolute atomic E-state index is 12.3. The van der Waals surface area contributed by atoms with Crippen LogP contribution in [0.5, 0.6) is 11.5 Å². The minimum atomic E-state index is 0.0767. The molecule has 27 heavy (non-hydrogen) atoms. The Morgan fingerprint density at radius 2 is 1.96 bits per heavy atom. The Kier molecular flexibility index (Phi) is 6.58. The highest BCUT2D eigenvalue weighted by Gasteiger charge is 2.24. The molecule has 1 aliphatic rings. The second-order valence-corrected chi connectivity index (χ2v) is 6.81. The number of nitrogens with zero attached hydrogens (tertiary/aromatic N) is 1. The van der Waals surface area contributed by atoms with Crippen molar-refractivity contribution in [1.29, 1.82) is 0 Å². The second kappa shape index (κ2) is 9.31. The lowest BCUT2D eigenvalue weighted by atomic mass is 10.1. The van der Waals surface area contributed by atoms with E-state index in [9.17, 15) is 4.79 Å². The van der Waals surface area contributed by atoms with E-state index in [1.807, 2.05) is 24.3 Å². The van der Waals surface area contributed by atoms with Crippen LogP contribution in [-0.2, 0) is 11.2 Å². The predicted octanol–water partition coefficient (Wildman–Crippen LogP) is 3.42. The molecule has 1 saturated heterocycles. The highest BCUT2D eigenvalue weighted by atomic mass is 16.5. The first-order valence-corrected chi connectivity index (χ1v) is 9.50. The Balaban J connectivity index is 1.50. The number of anilines is 1. The fourth-order valence-corrected chi connectivity index (χ4v) is 3.63. The number of amides is 1. The third-order valence-electron chi connectivity index (χ3n) is 5.12. The van der Waals surface area contributed by atoms with E-state index < -0.39 is 0 Å². The molecule has 5 heteroatoms. The fourth-order valence-electron chi connectivity index (χ4n) is 3.63. The minimum absolute atomic E-state index is 0.0767. The van der Waals surface area contributed by atoms with Crippen LogP contribution in [0.3, 0.4) is 0 Å². The topological polar surface area (TPSA) is 50.8 Å². The molecule has 5 nitrogen and oxygen atoms in total. The fraction of sp³-hybridized carbons (Fsp3) is 0.409. The Morgan fingerprint density at radius 1 is 1.15 bits per heavy atom. The van der Waals surface area contributed by atoms with Gasteiger partial charge in [0, 0.05) is 37.3 Å². The summed E-state index contributed by atoms with van der Waals surface area (Å²) in [5, 5.41) is 3.11. The zero-order chi connectivity index (χ0) is 19.1. The van der Waals surface area contributed by atoms with E-state index in [1.165, 1.54) is 12.1 Å². The molecule has 1 heterocycles. The molecule has 1 aliphatic heterocycles. The highest BCUT2D eigenvalue weighted by Crippen LogP contribution is 2.26. The van der Waals surface area contributed by atoms with Crippen molar-refractivity contribution in [2.24, 2.45) is 0 Å². The number of ether oxygens (including phenoxy) is 2. The summed E-state index contributed by atoms with van der Waals surface area (Å²) >= 11 is 0. The molecule has 0 radical (unpaired) electrons. The zero-order valence-corrected chi connectivity index (χ0v) is 16.1. The number of rotatable bonds is 8. The molecule has 2 aromatic rings. The SMILES string of the molecule is COc1ccc(CCC(=O)NCC2CCCN2c2ccccc2)c(OC)c1. The molecule has 1 atom stereocenters. The van der Waals surface area contributed by atoms with Gasteiger partial charge in [-0.3, -0.25) is 4.79 Å². The number of methoxy groups -OCH3 is 2. The van der Waals surface area contributed by atoms with E-state index in [1.54, 1.807) is 14.2 Å². The van der Waals surface area contributed by atoms with Crippen molar-refractivity contribution in [3.63, 3.8) is 0 Å². The van der Waals surface area contributed by atoms with Gasteiger partial charge in [-0.2, -0.15) is 0 Å². The van der Waals surface area contributed by atoms with Crippen LogP contribution in [0.4, 0.5) is 5.69 Å². The number of nitrogens with one attached hydrogen (secondary N) is 1. The van der Waals surface area contributed by atoms with Gasteiger partial charge in [0.15, 0.2) is 0 Å². The Morgan fingerprint density at radius 3 is 2.70 bits per heavy atom. The molecule has 1 N–H and O–H groups in total. The Hall–Kier alpha value is -2.69. The van der Waals surface area contributed by atoms with Crippen LogP contribution in [0.2, 0.25) is 0 Å². The van der Waals surface area contributed by atoms with Crippen LogP contribution in [0.25, 0.3) is 0 Å². The van der Waals surface area contributed by atoms with Gasteiger partial charge in [0.2, 0.25) is 5.91 Å². The van der Waals surface area contributed by atoms with E-state index in [2.05, 4.69) is 34.5 Å². The summed E-state index contributed by atoms with van der Waals surface area (Å²) < 4.78 is 10.6. The molecule has 0 spiro atoms. The van der Waals surface area contributed by atoms with Gasteiger partial charge in [0.25, 0.3) is 0 Å². The van der Waals surface area contributed by atoms with E-state index in [0.29, 0.717) is 25.4 Å². The number of hydrogen-bond acceptors (Lipinski definition) is 4. The molecule has 0 aliphatic carbocycles. The van der Waals surface area contributed by atoms with Crippen molar-refractivity contribution < 1.29 is 14.3 Å². The summed E-state index contributed by atoms with van der Waals surface area (Å²) in [7, 11) is 3.26. The largest absolute Gasteiger partial charge is 0.497 e. The third kappa shape index (κ3) is 4.94. The maximum Gasteiger partial charge on any atom is 0.220 e.